The summed E-state index contributed by atoms with van der Waals surface area (Å²) < 4.78 is 0. The van der Waals surface area contributed by atoms with E-state index in [2.05, 4.69) is 5.48 Å². The highest BCUT2D eigenvalue weighted by atomic mass is 16.7. The van der Waals surface area contributed by atoms with Gasteiger partial charge in [0, 0.05) is 18.0 Å². The second-order valence-electron chi connectivity index (χ2n) is 10.0. The van der Waals surface area contributed by atoms with Gasteiger partial charge >= 0.3 is 0 Å². The zero-order chi connectivity index (χ0) is 26.7. The summed E-state index contributed by atoms with van der Waals surface area (Å²) in [5, 5.41) is 44.2. The first-order valence-corrected chi connectivity index (χ1v) is 11.7. The molecule has 0 bridgehead atoms. The highest BCUT2D eigenvalue weighted by Gasteiger charge is 2.64. The lowest BCUT2D eigenvalue weighted by atomic mass is 9.57. The van der Waals surface area contributed by atoms with Crippen LogP contribution in [0.25, 0.3) is 5.76 Å². The Labute approximate surface area is 207 Å². The summed E-state index contributed by atoms with van der Waals surface area (Å²) >= 11 is 0. The SMILES string of the molecule is CC(C)ONCc1ccc(O)c2c1CC1CC3[C@H](N(C)C)C(=O)C(C(N)=O)=C(O)[C@@]3(O)C(=O)C1=C2O. The van der Waals surface area contributed by atoms with Crippen molar-refractivity contribution in [3.8, 4) is 5.75 Å². The molecule has 0 aliphatic heterocycles. The second-order valence-corrected chi connectivity index (χ2v) is 10.0. The monoisotopic (exact) mass is 501 g/mol. The number of aliphatic hydroxyl groups is 3. The molecule has 4 atom stereocenters. The van der Waals surface area contributed by atoms with Crippen molar-refractivity contribution in [1.29, 1.82) is 0 Å². The quantitative estimate of drug-likeness (QED) is 0.236. The highest BCUT2D eigenvalue weighted by Crippen LogP contribution is 2.52. The molecule has 11 heteroatoms. The molecule has 1 aromatic rings. The van der Waals surface area contributed by atoms with Crippen LogP contribution in [0.15, 0.2) is 29.0 Å². The fourth-order valence-corrected chi connectivity index (χ4v) is 5.76. The third-order valence-electron chi connectivity index (χ3n) is 7.28. The number of hydrogen-bond donors (Lipinski definition) is 6. The van der Waals surface area contributed by atoms with E-state index in [4.69, 9.17) is 10.6 Å². The van der Waals surface area contributed by atoms with E-state index in [0.717, 1.165) is 5.56 Å². The number of likely N-dealkylation sites (N-methyl/N-ethyl adjacent to an activating group) is 1. The molecule has 4 rings (SSSR count). The molecule has 3 aliphatic rings. The van der Waals surface area contributed by atoms with Gasteiger partial charge in [-0.2, -0.15) is 5.48 Å². The summed E-state index contributed by atoms with van der Waals surface area (Å²) in [5.74, 6) is -6.70. The Bertz CT molecular complexity index is 1220. The molecule has 2 unspecified atom stereocenters. The van der Waals surface area contributed by atoms with Crippen molar-refractivity contribution in [3.63, 3.8) is 0 Å². The first-order valence-electron chi connectivity index (χ1n) is 11.7. The van der Waals surface area contributed by atoms with Crippen LogP contribution in [0.3, 0.4) is 0 Å². The van der Waals surface area contributed by atoms with Gasteiger partial charge in [0.05, 0.1) is 17.7 Å². The van der Waals surface area contributed by atoms with E-state index in [0.29, 0.717) is 5.56 Å². The van der Waals surface area contributed by atoms with E-state index in [-0.39, 0.29) is 42.4 Å². The number of Topliss-reactive ketones (excluding diaryl/α,β-unsaturated/α-hetero) is 2. The van der Waals surface area contributed by atoms with Gasteiger partial charge in [-0.15, -0.1) is 0 Å². The highest BCUT2D eigenvalue weighted by molar-refractivity contribution is 6.24. The number of hydrogen-bond acceptors (Lipinski definition) is 10. The number of ketones is 2. The Hall–Kier alpha value is -3.25. The van der Waals surface area contributed by atoms with Crippen LogP contribution in [-0.4, -0.2) is 74.6 Å². The summed E-state index contributed by atoms with van der Waals surface area (Å²) in [6, 6.07) is 1.95. The molecule has 1 saturated carbocycles. The van der Waals surface area contributed by atoms with Crippen molar-refractivity contribution in [2.45, 2.75) is 51.0 Å². The van der Waals surface area contributed by atoms with Crippen LogP contribution in [0, 0.1) is 11.8 Å². The molecule has 0 spiro atoms. The molecule has 7 N–H and O–H groups in total. The zero-order valence-corrected chi connectivity index (χ0v) is 20.5. The van der Waals surface area contributed by atoms with Crippen molar-refractivity contribution in [2.24, 2.45) is 17.6 Å². The molecule has 1 fully saturated rings. The molecule has 36 heavy (non-hydrogen) atoms. The number of phenols is 1. The predicted octanol–water partition coefficient (Wildman–Crippen LogP) is 0.394. The molecule has 0 radical (unpaired) electrons. The minimum absolute atomic E-state index is 0.0385. The number of rotatable bonds is 6. The smallest absolute Gasteiger partial charge is 0.255 e. The Morgan fingerprint density at radius 2 is 1.92 bits per heavy atom. The third kappa shape index (κ3) is 3.70. The number of nitrogens with one attached hydrogen (secondary N) is 1. The van der Waals surface area contributed by atoms with Crippen molar-refractivity contribution in [2.75, 3.05) is 14.1 Å². The van der Waals surface area contributed by atoms with Crippen LogP contribution in [0.4, 0.5) is 0 Å². The normalized spacial score (nSPS) is 27.9. The zero-order valence-electron chi connectivity index (χ0n) is 20.5. The number of nitrogens with zero attached hydrogens (tertiary/aromatic N) is 1. The van der Waals surface area contributed by atoms with Crippen LogP contribution in [0.1, 0.15) is 37.0 Å². The lowest BCUT2D eigenvalue weighted by molar-refractivity contribution is -0.153. The number of primary amides is 1. The lowest BCUT2D eigenvalue weighted by Gasteiger charge is -2.50. The number of benzene rings is 1. The fourth-order valence-electron chi connectivity index (χ4n) is 5.76. The molecule has 3 aliphatic carbocycles. The number of nitrogens with two attached hydrogens (primary N) is 1. The molecule has 0 aromatic heterocycles. The first-order chi connectivity index (χ1) is 16.8. The Balaban J connectivity index is 1.88. The summed E-state index contributed by atoms with van der Waals surface area (Å²) in [5.41, 5.74) is 5.88. The molecule has 11 nitrogen and oxygen atoms in total. The molecule has 1 aromatic carbocycles. The van der Waals surface area contributed by atoms with Gasteiger partial charge < -0.3 is 26.2 Å². The summed E-state index contributed by atoms with van der Waals surface area (Å²) in [4.78, 5) is 45.8. The number of aromatic hydroxyl groups is 1. The van der Waals surface area contributed by atoms with Gasteiger partial charge in [-0.3, -0.25) is 24.1 Å². The summed E-state index contributed by atoms with van der Waals surface area (Å²) in [6.07, 6.45) is 0.183. The number of carbonyl (C=O) groups is 3. The number of phenolic OH excluding ortho intramolecular Hbond substituents is 1. The van der Waals surface area contributed by atoms with Crippen molar-refractivity contribution < 1.29 is 39.6 Å². The maximum absolute atomic E-state index is 13.8. The fraction of sp³-hybridized carbons (Fsp3) is 0.480. The average molecular weight is 502 g/mol. The molecule has 0 saturated heterocycles. The van der Waals surface area contributed by atoms with Crippen molar-refractivity contribution in [3.05, 3.63) is 45.7 Å². The van der Waals surface area contributed by atoms with Crippen LogP contribution in [0.2, 0.25) is 0 Å². The number of hydroxylamine groups is 1. The standard InChI is InChI=1S/C25H31N3O8/c1-10(2)36-27-9-11-5-6-15(29)17-13(11)7-12-8-14-19(28(3)4)21(31)18(24(26)34)23(33)25(14,35)22(32)16(12)20(17)30/h5-6,10,12,14,19,27,29-30,33,35H,7-9H2,1-4H3,(H2,26,34)/t12?,14?,19-,25-/m0/s1. The van der Waals surface area contributed by atoms with Gasteiger partial charge in [0.2, 0.25) is 5.78 Å². The number of fused-ring (bicyclic) bond motifs is 3. The van der Waals surface area contributed by atoms with E-state index in [1.54, 1.807) is 20.2 Å². The van der Waals surface area contributed by atoms with E-state index < -0.39 is 58.0 Å². The van der Waals surface area contributed by atoms with Gasteiger partial charge in [0.15, 0.2) is 11.4 Å². The van der Waals surface area contributed by atoms with Crippen LogP contribution >= 0.6 is 0 Å². The molecule has 0 heterocycles. The third-order valence-corrected chi connectivity index (χ3v) is 7.28. The Morgan fingerprint density at radius 3 is 2.50 bits per heavy atom. The molecule has 194 valence electrons. The molecule has 1 amide bonds. The lowest BCUT2D eigenvalue weighted by Crippen LogP contribution is -2.65. The molecular weight excluding hydrogens is 470 g/mol. The van der Waals surface area contributed by atoms with Crippen LogP contribution < -0.4 is 11.2 Å². The average Bonchev–Trinajstić information content (AvgIpc) is 2.77. The number of amides is 1. The van der Waals surface area contributed by atoms with Crippen LogP contribution in [-0.2, 0) is 32.2 Å². The van der Waals surface area contributed by atoms with Crippen molar-refractivity contribution in [1.82, 2.24) is 10.4 Å². The van der Waals surface area contributed by atoms with E-state index in [1.807, 2.05) is 13.8 Å². The van der Waals surface area contributed by atoms with Gasteiger partial charge in [-0.05, 0) is 63.9 Å². The molecular formula is C25H31N3O8. The predicted molar refractivity (Wildman–Crippen MR) is 127 cm³/mol. The Morgan fingerprint density at radius 1 is 1.25 bits per heavy atom. The van der Waals surface area contributed by atoms with Crippen LogP contribution in [0.5, 0.6) is 5.75 Å². The minimum atomic E-state index is -2.65. The van der Waals surface area contributed by atoms with Crippen molar-refractivity contribution >= 4 is 23.2 Å². The van der Waals surface area contributed by atoms with E-state index in [9.17, 15) is 34.8 Å². The van der Waals surface area contributed by atoms with E-state index in [1.165, 1.54) is 11.0 Å². The van der Waals surface area contributed by atoms with Gasteiger partial charge in [0.25, 0.3) is 5.91 Å². The van der Waals surface area contributed by atoms with Gasteiger partial charge in [-0.25, -0.2) is 0 Å². The maximum Gasteiger partial charge on any atom is 0.255 e. The minimum Gasteiger partial charge on any atom is -0.508 e. The van der Waals surface area contributed by atoms with Gasteiger partial charge in [-0.1, -0.05) is 6.07 Å². The summed E-state index contributed by atoms with van der Waals surface area (Å²) in [7, 11) is 3.12. The Kier molecular flexibility index (Phi) is 6.46. The maximum atomic E-state index is 13.8. The summed E-state index contributed by atoms with van der Waals surface area (Å²) in [6.45, 7) is 3.98. The van der Waals surface area contributed by atoms with Gasteiger partial charge in [0.1, 0.15) is 22.8 Å². The number of carbonyl (C=O) groups excluding carboxylic acids is 3. The first kappa shape index (κ1) is 25.8. The topological polar surface area (TPSA) is 183 Å². The largest absolute Gasteiger partial charge is 0.508 e. The van der Waals surface area contributed by atoms with E-state index >= 15 is 0 Å². The second kappa shape index (κ2) is 9.00. The number of aliphatic hydroxyl groups excluding tert-OH is 2.